The summed E-state index contributed by atoms with van der Waals surface area (Å²) >= 11 is 0. The largest absolute Gasteiger partial charge is 0.472 e. The van der Waals surface area contributed by atoms with Crippen LogP contribution in [0.25, 0.3) is 0 Å². The monoisotopic (exact) mass is 322 g/mol. The molecule has 6 heteroatoms. The minimum atomic E-state index is 0.0123. The summed E-state index contributed by atoms with van der Waals surface area (Å²) in [5.41, 5.74) is 1.21. The van der Waals surface area contributed by atoms with E-state index in [2.05, 4.69) is 4.90 Å². The molecule has 2 heterocycles. The molecule has 0 bridgehead atoms. The zero-order valence-electron chi connectivity index (χ0n) is 13.9. The summed E-state index contributed by atoms with van der Waals surface area (Å²) in [4.78, 5) is 15.6. The standard InChI is InChI=1S/C17H26N2O4/c1-18(2)17(20)12-22-11-14-7-15-16(8-14)23-6-4-19(15)9-13-3-5-21-10-13/h3,5,10,14-16H,4,6-9,11-12H2,1-2H3/t14-,15+,16+/m0/s1. The number of furan rings is 1. The Kier molecular flexibility index (Phi) is 5.35. The van der Waals surface area contributed by atoms with Crippen molar-refractivity contribution in [2.45, 2.75) is 31.5 Å². The van der Waals surface area contributed by atoms with Gasteiger partial charge in [0.15, 0.2) is 0 Å². The highest BCUT2D eigenvalue weighted by atomic mass is 16.5. The molecule has 0 spiro atoms. The highest BCUT2D eigenvalue weighted by Crippen LogP contribution is 2.35. The molecule has 0 aromatic carbocycles. The molecule has 2 aliphatic rings. The molecule has 3 rings (SSSR count). The van der Waals surface area contributed by atoms with Gasteiger partial charge in [0.2, 0.25) is 5.91 Å². The van der Waals surface area contributed by atoms with E-state index in [4.69, 9.17) is 13.9 Å². The number of nitrogens with zero attached hydrogens (tertiary/aromatic N) is 2. The van der Waals surface area contributed by atoms with Crippen LogP contribution >= 0.6 is 0 Å². The molecule has 6 nitrogen and oxygen atoms in total. The third kappa shape index (κ3) is 4.13. The van der Waals surface area contributed by atoms with Gasteiger partial charge in [-0.3, -0.25) is 9.69 Å². The smallest absolute Gasteiger partial charge is 0.248 e. The summed E-state index contributed by atoms with van der Waals surface area (Å²) in [5, 5.41) is 0. The number of amides is 1. The molecule has 128 valence electrons. The fraction of sp³-hybridized carbons (Fsp3) is 0.706. The van der Waals surface area contributed by atoms with E-state index < -0.39 is 0 Å². The molecule has 1 amide bonds. The highest BCUT2D eigenvalue weighted by molar-refractivity contribution is 5.76. The molecule has 2 fully saturated rings. The highest BCUT2D eigenvalue weighted by Gasteiger charge is 2.41. The van der Waals surface area contributed by atoms with Gasteiger partial charge in [-0.1, -0.05) is 0 Å². The maximum Gasteiger partial charge on any atom is 0.248 e. The molecule has 1 saturated heterocycles. The summed E-state index contributed by atoms with van der Waals surface area (Å²) < 4.78 is 16.7. The van der Waals surface area contributed by atoms with Gasteiger partial charge >= 0.3 is 0 Å². The number of likely N-dealkylation sites (N-methyl/N-ethyl adjacent to an activating group) is 1. The number of hydrogen-bond acceptors (Lipinski definition) is 5. The normalized spacial score (nSPS) is 27.8. The van der Waals surface area contributed by atoms with Crippen LogP contribution in [0.4, 0.5) is 0 Å². The van der Waals surface area contributed by atoms with Crippen molar-refractivity contribution in [2.75, 3.05) is 40.5 Å². The van der Waals surface area contributed by atoms with Crippen LogP contribution in [0.1, 0.15) is 18.4 Å². The summed E-state index contributed by atoms with van der Waals surface area (Å²) in [6.07, 6.45) is 5.91. The second kappa shape index (κ2) is 7.47. The van der Waals surface area contributed by atoms with Crippen molar-refractivity contribution in [3.8, 4) is 0 Å². The first-order valence-corrected chi connectivity index (χ1v) is 8.28. The van der Waals surface area contributed by atoms with Crippen LogP contribution in [0.5, 0.6) is 0 Å². The first-order chi connectivity index (χ1) is 11.1. The number of hydrogen-bond donors (Lipinski definition) is 0. The van der Waals surface area contributed by atoms with Crippen LogP contribution in [0.3, 0.4) is 0 Å². The van der Waals surface area contributed by atoms with E-state index in [1.165, 1.54) is 5.56 Å². The summed E-state index contributed by atoms with van der Waals surface area (Å²) in [7, 11) is 3.49. The zero-order valence-corrected chi connectivity index (χ0v) is 13.9. The summed E-state index contributed by atoms with van der Waals surface area (Å²) in [6.45, 7) is 3.45. The molecule has 0 unspecified atom stereocenters. The van der Waals surface area contributed by atoms with E-state index in [1.807, 2.05) is 12.3 Å². The minimum Gasteiger partial charge on any atom is -0.472 e. The maximum absolute atomic E-state index is 11.6. The molecule has 23 heavy (non-hydrogen) atoms. The Hall–Kier alpha value is -1.37. The van der Waals surface area contributed by atoms with Crippen molar-refractivity contribution < 1.29 is 18.7 Å². The van der Waals surface area contributed by atoms with Gasteiger partial charge in [-0.05, 0) is 24.8 Å². The predicted octanol–water partition coefficient (Wildman–Crippen LogP) is 1.36. The Bertz CT molecular complexity index is 503. The fourth-order valence-corrected chi connectivity index (χ4v) is 3.52. The second-order valence-electron chi connectivity index (χ2n) is 6.72. The Morgan fingerprint density at radius 3 is 3.04 bits per heavy atom. The quantitative estimate of drug-likeness (QED) is 0.792. The lowest BCUT2D eigenvalue weighted by Crippen LogP contribution is -2.47. The Morgan fingerprint density at radius 1 is 1.43 bits per heavy atom. The number of ether oxygens (including phenoxy) is 2. The molecule has 1 aliphatic heterocycles. The van der Waals surface area contributed by atoms with Crippen molar-refractivity contribution >= 4 is 5.91 Å². The minimum absolute atomic E-state index is 0.0123. The third-order valence-corrected chi connectivity index (χ3v) is 4.79. The van der Waals surface area contributed by atoms with Crippen molar-refractivity contribution in [1.29, 1.82) is 0 Å². The lowest BCUT2D eigenvalue weighted by Gasteiger charge is -2.37. The van der Waals surface area contributed by atoms with Gasteiger partial charge in [-0.2, -0.15) is 0 Å². The average Bonchev–Trinajstić information content (AvgIpc) is 3.16. The van der Waals surface area contributed by atoms with E-state index in [1.54, 1.807) is 25.3 Å². The molecule has 1 aliphatic carbocycles. The molecular weight excluding hydrogens is 296 g/mol. The number of fused-ring (bicyclic) bond motifs is 1. The van der Waals surface area contributed by atoms with Crippen LogP contribution in [-0.2, 0) is 20.8 Å². The number of rotatable bonds is 6. The molecule has 3 atom stereocenters. The lowest BCUT2D eigenvalue weighted by molar-refractivity contribution is -0.134. The Balaban J connectivity index is 1.49. The molecule has 1 aromatic rings. The van der Waals surface area contributed by atoms with Crippen molar-refractivity contribution in [3.63, 3.8) is 0 Å². The average molecular weight is 322 g/mol. The molecular formula is C17H26N2O4. The topological polar surface area (TPSA) is 55.2 Å². The third-order valence-electron chi connectivity index (χ3n) is 4.79. The van der Waals surface area contributed by atoms with E-state index in [0.29, 0.717) is 18.6 Å². The van der Waals surface area contributed by atoms with Crippen LogP contribution in [0.15, 0.2) is 23.0 Å². The van der Waals surface area contributed by atoms with Crippen molar-refractivity contribution in [3.05, 3.63) is 24.2 Å². The Morgan fingerprint density at radius 2 is 2.30 bits per heavy atom. The first-order valence-electron chi connectivity index (χ1n) is 8.28. The van der Waals surface area contributed by atoms with E-state index in [9.17, 15) is 4.79 Å². The SMILES string of the molecule is CN(C)C(=O)COC[C@H]1C[C@@H]2[C@@H](C1)OCCN2Cc1ccoc1. The summed E-state index contributed by atoms with van der Waals surface area (Å²) in [6, 6.07) is 2.46. The van der Waals surface area contributed by atoms with Gasteiger partial charge < -0.3 is 18.8 Å². The zero-order chi connectivity index (χ0) is 16.2. The molecule has 1 saturated carbocycles. The lowest BCUT2D eigenvalue weighted by atomic mass is 10.1. The van der Waals surface area contributed by atoms with Gasteiger partial charge in [-0.25, -0.2) is 0 Å². The summed E-state index contributed by atoms with van der Waals surface area (Å²) in [5.74, 6) is 0.475. The van der Waals surface area contributed by atoms with E-state index in [-0.39, 0.29) is 18.6 Å². The van der Waals surface area contributed by atoms with Crippen molar-refractivity contribution in [2.24, 2.45) is 5.92 Å². The van der Waals surface area contributed by atoms with Gasteiger partial charge in [0.1, 0.15) is 6.61 Å². The molecule has 0 N–H and O–H groups in total. The van der Waals surface area contributed by atoms with Crippen LogP contribution in [0, 0.1) is 5.92 Å². The fourth-order valence-electron chi connectivity index (χ4n) is 3.52. The number of carbonyl (C=O) groups is 1. The van der Waals surface area contributed by atoms with E-state index >= 15 is 0 Å². The van der Waals surface area contributed by atoms with Crippen LogP contribution in [-0.4, -0.2) is 68.3 Å². The maximum atomic E-state index is 11.6. The van der Waals surface area contributed by atoms with Gasteiger partial charge in [0.05, 0.1) is 31.8 Å². The van der Waals surface area contributed by atoms with Gasteiger partial charge in [0.25, 0.3) is 0 Å². The predicted molar refractivity (Wildman–Crippen MR) is 84.9 cm³/mol. The van der Waals surface area contributed by atoms with Gasteiger partial charge in [0, 0.05) is 38.8 Å². The van der Waals surface area contributed by atoms with Gasteiger partial charge in [-0.15, -0.1) is 0 Å². The molecule has 0 radical (unpaired) electrons. The van der Waals surface area contributed by atoms with Crippen molar-refractivity contribution in [1.82, 2.24) is 9.80 Å². The van der Waals surface area contributed by atoms with Crippen LogP contribution < -0.4 is 0 Å². The number of morpholine rings is 1. The molecule has 1 aromatic heterocycles. The van der Waals surface area contributed by atoms with Crippen LogP contribution in [0.2, 0.25) is 0 Å². The Labute approximate surface area is 137 Å². The second-order valence-corrected chi connectivity index (χ2v) is 6.72. The number of carbonyl (C=O) groups excluding carboxylic acids is 1. The van der Waals surface area contributed by atoms with E-state index in [0.717, 1.165) is 32.5 Å². The first kappa shape index (κ1) is 16.5.